The van der Waals surface area contributed by atoms with E-state index in [0.717, 1.165) is 5.69 Å². The molecule has 0 N–H and O–H groups in total. The summed E-state index contributed by atoms with van der Waals surface area (Å²) in [7, 11) is 0. The van der Waals surface area contributed by atoms with Crippen LogP contribution in [0.15, 0.2) is 71.1 Å². The Hall–Kier alpha value is -2.30. The average Bonchev–Trinajstić information content (AvgIpc) is 2.94. The van der Waals surface area contributed by atoms with Crippen molar-refractivity contribution in [3.05, 3.63) is 60.7 Å². The van der Waals surface area contributed by atoms with Crippen molar-refractivity contribution in [2.75, 3.05) is 4.92 Å². The highest BCUT2D eigenvalue weighted by Gasteiger charge is 2.43. The van der Waals surface area contributed by atoms with Gasteiger partial charge in [0.15, 0.2) is 0 Å². The molecule has 106 valence electrons. The third-order valence-corrected chi connectivity index (χ3v) is 3.50. The molecular weight excluding hydrogens is 259 g/mol. The van der Waals surface area contributed by atoms with Crippen LogP contribution in [0.2, 0.25) is 0 Å². The second kappa shape index (κ2) is 5.24. The molecule has 1 aliphatic heterocycles. The summed E-state index contributed by atoms with van der Waals surface area (Å²) in [6.07, 6.45) is 0. The van der Waals surface area contributed by atoms with Crippen LogP contribution in [0, 0.1) is 0 Å². The lowest BCUT2D eigenvalue weighted by molar-refractivity contribution is 0.257. The lowest BCUT2D eigenvalue weighted by atomic mass is 9.64. The molecule has 2 aromatic carbocycles. The van der Waals surface area contributed by atoms with Gasteiger partial charge in [-0.15, -0.1) is 0 Å². The normalized spacial score (nSPS) is 14.9. The van der Waals surface area contributed by atoms with Crippen LogP contribution >= 0.6 is 0 Å². The van der Waals surface area contributed by atoms with Crippen LogP contribution in [0.25, 0.3) is 0 Å². The van der Waals surface area contributed by atoms with E-state index in [1.807, 2.05) is 29.2 Å². The zero-order valence-corrected chi connectivity index (χ0v) is 12.6. The molecule has 0 saturated carbocycles. The third-order valence-electron chi connectivity index (χ3n) is 3.50. The number of nitrogens with zero attached hydrogens (tertiary/aromatic N) is 4. The molecule has 0 fully saturated rings. The molecule has 0 saturated heterocycles. The van der Waals surface area contributed by atoms with Crippen molar-refractivity contribution in [2.24, 2.45) is 10.4 Å². The molecule has 0 aliphatic carbocycles. The molecule has 4 nitrogen and oxygen atoms in total. The van der Waals surface area contributed by atoms with Gasteiger partial charge in [-0.1, -0.05) is 59.0 Å². The van der Waals surface area contributed by atoms with Crippen molar-refractivity contribution in [3.8, 4) is 0 Å². The maximum atomic E-state index is 4.41. The first kappa shape index (κ1) is 13.7. The van der Waals surface area contributed by atoms with E-state index < -0.39 is 0 Å². The van der Waals surface area contributed by atoms with E-state index in [-0.39, 0.29) is 12.5 Å². The van der Waals surface area contributed by atoms with Gasteiger partial charge in [0.25, 0.3) is 0 Å². The molecular formula is C16H19BN4. The molecule has 0 bridgehead atoms. The molecule has 5 heteroatoms. The van der Waals surface area contributed by atoms with Gasteiger partial charge in [-0.2, -0.15) is 0 Å². The van der Waals surface area contributed by atoms with E-state index in [1.54, 1.807) is 0 Å². The average molecular weight is 278 g/mol. The largest absolute Gasteiger partial charge is 0.453 e. The zero-order chi connectivity index (χ0) is 14.9. The summed E-state index contributed by atoms with van der Waals surface area (Å²) < 4.78 is 0. The molecule has 3 rings (SSSR count). The quantitative estimate of drug-likeness (QED) is 0.789. The molecule has 1 aliphatic rings. The van der Waals surface area contributed by atoms with Gasteiger partial charge in [-0.05, 0) is 38.4 Å². The topological polar surface area (TPSA) is 31.2 Å². The summed E-state index contributed by atoms with van der Waals surface area (Å²) in [4.78, 5) is 4.02. The Balaban J connectivity index is 2.03. The molecule has 21 heavy (non-hydrogen) atoms. The predicted molar refractivity (Wildman–Crippen MR) is 87.2 cm³/mol. The number of hydrogen-bond acceptors (Lipinski definition) is 4. The van der Waals surface area contributed by atoms with E-state index in [1.165, 1.54) is 5.46 Å². The number of rotatable bonds is 2. The van der Waals surface area contributed by atoms with Crippen molar-refractivity contribution >= 4 is 18.1 Å². The van der Waals surface area contributed by atoms with E-state index in [4.69, 9.17) is 0 Å². The maximum Gasteiger partial charge on any atom is 0.453 e. The van der Waals surface area contributed by atoms with Crippen LogP contribution in [0.1, 0.15) is 20.8 Å². The van der Waals surface area contributed by atoms with Crippen molar-refractivity contribution < 1.29 is 0 Å². The Morgan fingerprint density at radius 2 is 1.38 bits per heavy atom. The van der Waals surface area contributed by atoms with Crippen LogP contribution in [-0.2, 0) is 0 Å². The van der Waals surface area contributed by atoms with Gasteiger partial charge in [-0.3, -0.25) is 9.84 Å². The molecule has 0 unspecified atom stereocenters. The number of hydrogen-bond donors (Lipinski definition) is 0. The second-order valence-electron chi connectivity index (χ2n) is 6.16. The fourth-order valence-corrected chi connectivity index (χ4v) is 2.47. The molecule has 1 heterocycles. The van der Waals surface area contributed by atoms with Crippen molar-refractivity contribution in [1.82, 2.24) is 4.92 Å². The van der Waals surface area contributed by atoms with Crippen LogP contribution in [-0.4, -0.2) is 17.4 Å². The monoisotopic (exact) mass is 278 g/mol. The summed E-state index contributed by atoms with van der Waals surface area (Å²) in [5.74, 6) is 0. The van der Waals surface area contributed by atoms with Crippen LogP contribution < -0.4 is 10.4 Å². The van der Waals surface area contributed by atoms with Crippen LogP contribution in [0.5, 0.6) is 0 Å². The summed E-state index contributed by atoms with van der Waals surface area (Å²) in [6, 6.07) is 20.5. The van der Waals surface area contributed by atoms with E-state index in [0.29, 0.717) is 0 Å². The molecule has 0 radical (unpaired) electrons. The van der Waals surface area contributed by atoms with E-state index in [2.05, 4.69) is 72.5 Å². The first-order valence-corrected chi connectivity index (χ1v) is 7.17. The van der Waals surface area contributed by atoms with Crippen molar-refractivity contribution in [1.29, 1.82) is 0 Å². The minimum absolute atomic E-state index is 0.0198. The molecule has 0 atom stereocenters. The van der Waals surface area contributed by atoms with Gasteiger partial charge in [-0.25, -0.2) is 0 Å². The van der Waals surface area contributed by atoms with Gasteiger partial charge in [0, 0.05) is 11.2 Å². The second-order valence-corrected chi connectivity index (χ2v) is 6.16. The number of anilines is 1. The van der Waals surface area contributed by atoms with Gasteiger partial charge >= 0.3 is 6.98 Å². The Kier molecular flexibility index (Phi) is 3.41. The number of benzene rings is 2. The standard InChI is InChI=1S/C16H19BN4/c1-16(2,3)21-17(14-10-6-4-7-11-14)20(18-19-21)15-12-8-5-9-13-15/h4-13H,1-3H3. The Morgan fingerprint density at radius 1 is 0.810 bits per heavy atom. The molecule has 0 spiro atoms. The smallest absolute Gasteiger partial charge is 0.285 e. The third kappa shape index (κ3) is 2.64. The Labute approximate surface area is 126 Å². The lowest BCUT2D eigenvalue weighted by Gasteiger charge is -2.34. The Morgan fingerprint density at radius 3 is 1.95 bits per heavy atom. The first-order valence-electron chi connectivity index (χ1n) is 7.17. The van der Waals surface area contributed by atoms with Crippen LogP contribution in [0.3, 0.4) is 0 Å². The number of para-hydroxylation sites is 1. The van der Waals surface area contributed by atoms with E-state index in [9.17, 15) is 0 Å². The highest BCUT2D eigenvalue weighted by Crippen LogP contribution is 2.27. The van der Waals surface area contributed by atoms with Gasteiger partial charge < -0.3 is 0 Å². The lowest BCUT2D eigenvalue weighted by Crippen LogP contribution is -2.58. The minimum atomic E-state index is -0.104. The van der Waals surface area contributed by atoms with Crippen molar-refractivity contribution in [2.45, 2.75) is 26.3 Å². The summed E-state index contributed by atoms with van der Waals surface area (Å²) in [5.41, 5.74) is 2.12. The summed E-state index contributed by atoms with van der Waals surface area (Å²) in [5, 5.41) is 8.80. The maximum absolute atomic E-state index is 4.41. The zero-order valence-electron chi connectivity index (χ0n) is 12.6. The molecule has 0 aromatic heterocycles. The Bertz CT molecular complexity index is 622. The fraction of sp³-hybridized carbons (Fsp3) is 0.250. The molecule has 0 amide bonds. The van der Waals surface area contributed by atoms with Gasteiger partial charge in [0.1, 0.15) is 0 Å². The molecule has 2 aromatic rings. The highest BCUT2D eigenvalue weighted by atomic mass is 15.7. The predicted octanol–water partition coefficient (Wildman–Crippen LogP) is 3.28. The first-order chi connectivity index (χ1) is 10.1. The highest BCUT2D eigenvalue weighted by molar-refractivity contribution is 6.74. The fourth-order valence-electron chi connectivity index (χ4n) is 2.47. The SMILES string of the molecule is CC(C)(C)N1N=NN(c2ccccc2)B1c1ccccc1. The van der Waals surface area contributed by atoms with Crippen molar-refractivity contribution in [3.63, 3.8) is 0 Å². The minimum Gasteiger partial charge on any atom is -0.285 e. The summed E-state index contributed by atoms with van der Waals surface area (Å²) >= 11 is 0. The van der Waals surface area contributed by atoms with Gasteiger partial charge in [0.2, 0.25) is 0 Å². The summed E-state index contributed by atoms with van der Waals surface area (Å²) in [6.45, 7) is 6.43. The van der Waals surface area contributed by atoms with Crippen LogP contribution in [0.4, 0.5) is 5.69 Å². The van der Waals surface area contributed by atoms with Gasteiger partial charge in [0.05, 0.1) is 0 Å². The van der Waals surface area contributed by atoms with E-state index >= 15 is 0 Å².